The van der Waals surface area contributed by atoms with Crippen molar-refractivity contribution in [1.29, 1.82) is 0 Å². The minimum Gasteiger partial charge on any atom is -0.744 e. The first kappa shape index (κ1) is 35.7. The summed E-state index contributed by atoms with van der Waals surface area (Å²) in [4.78, 5) is -2.06. The zero-order chi connectivity index (χ0) is 29.2. The van der Waals surface area contributed by atoms with Crippen LogP contribution >= 0.6 is 0 Å². The van der Waals surface area contributed by atoms with E-state index in [-0.39, 0.29) is 41.7 Å². The Bertz CT molecular complexity index is 1080. The normalized spacial score (nSPS) is 15.3. The third kappa shape index (κ3) is 5.31. The van der Waals surface area contributed by atoms with Gasteiger partial charge in [-0.05, 0) is 12.1 Å². The number of hydrogen-bond donors (Lipinski definition) is 0. The van der Waals surface area contributed by atoms with Crippen LogP contribution in [0.5, 0.6) is 5.75 Å². The number of rotatable bonds is 9. The topological polar surface area (TPSA) is 66.4 Å². The molecule has 0 aliphatic heterocycles. The molecule has 0 radical (unpaired) electrons. The first-order valence-electron chi connectivity index (χ1n) is 7.90. The standard InChI is InChI=1S/C14H5F17O4S.Na/c15-7(16,9(19,20)11(23,24)13(27,28)29)8(17,18)10(21,22)12(25,26)14(30,31)35-5-3-1-2-4-6(5)36(32,33)34;/h1-4H,(H,32,33,34);/q;+1/p-1. The zero-order valence-electron chi connectivity index (χ0n) is 16.8. The Morgan fingerprint density at radius 2 is 0.892 bits per heavy atom. The Labute approximate surface area is 214 Å². The molecule has 0 spiro atoms. The Balaban J connectivity index is 0.0000130. The largest absolute Gasteiger partial charge is 1.00 e. The van der Waals surface area contributed by atoms with Crippen LogP contribution in [0.1, 0.15) is 0 Å². The van der Waals surface area contributed by atoms with Gasteiger partial charge in [0.1, 0.15) is 15.9 Å². The predicted octanol–water partition coefficient (Wildman–Crippen LogP) is 2.94. The van der Waals surface area contributed by atoms with Crippen LogP contribution in [0.3, 0.4) is 0 Å². The molecule has 210 valence electrons. The summed E-state index contributed by atoms with van der Waals surface area (Å²) in [7, 11) is -5.99. The Morgan fingerprint density at radius 3 is 1.24 bits per heavy atom. The van der Waals surface area contributed by atoms with E-state index >= 15 is 0 Å². The van der Waals surface area contributed by atoms with E-state index in [0.717, 1.165) is 0 Å². The van der Waals surface area contributed by atoms with Gasteiger partial charge in [-0.3, -0.25) is 0 Å². The van der Waals surface area contributed by atoms with Gasteiger partial charge in [0, 0.05) is 0 Å². The van der Waals surface area contributed by atoms with E-state index in [0.29, 0.717) is 12.1 Å². The van der Waals surface area contributed by atoms with Crippen molar-refractivity contribution in [3.05, 3.63) is 24.3 Å². The van der Waals surface area contributed by atoms with Crippen molar-refractivity contribution >= 4 is 10.1 Å². The molecular formula is C14H4F17NaO4S. The summed E-state index contributed by atoms with van der Waals surface area (Å²) in [6.45, 7) is 0. The van der Waals surface area contributed by atoms with E-state index in [2.05, 4.69) is 4.74 Å². The summed E-state index contributed by atoms with van der Waals surface area (Å²) in [5.74, 6) is -53.7. The van der Waals surface area contributed by atoms with Crippen molar-refractivity contribution < 1.29 is 122 Å². The molecule has 0 N–H and O–H groups in total. The molecule has 1 rings (SSSR count). The van der Waals surface area contributed by atoms with Crippen molar-refractivity contribution in [3.63, 3.8) is 0 Å². The molecule has 0 fully saturated rings. The van der Waals surface area contributed by atoms with E-state index in [1.807, 2.05) is 0 Å². The monoisotopic (exact) mass is 614 g/mol. The van der Waals surface area contributed by atoms with Crippen molar-refractivity contribution in [2.45, 2.75) is 52.7 Å². The predicted molar refractivity (Wildman–Crippen MR) is 75.7 cm³/mol. The minimum atomic E-state index is -8.82. The first-order valence-corrected chi connectivity index (χ1v) is 9.31. The van der Waals surface area contributed by atoms with Crippen molar-refractivity contribution in [1.82, 2.24) is 0 Å². The summed E-state index contributed by atoms with van der Waals surface area (Å²) < 4.78 is 259. The molecule has 4 nitrogen and oxygen atoms in total. The number of benzene rings is 1. The fourth-order valence-corrected chi connectivity index (χ4v) is 2.69. The fraction of sp³-hybridized carbons (Fsp3) is 0.571. The molecule has 0 aromatic heterocycles. The van der Waals surface area contributed by atoms with E-state index in [1.54, 1.807) is 0 Å². The van der Waals surface area contributed by atoms with Gasteiger partial charge in [-0.15, -0.1) is 0 Å². The van der Waals surface area contributed by atoms with Crippen LogP contribution in [0.2, 0.25) is 0 Å². The number of para-hydroxylation sites is 1. The van der Waals surface area contributed by atoms with Gasteiger partial charge >= 0.3 is 77.4 Å². The van der Waals surface area contributed by atoms with Crippen LogP contribution in [0.25, 0.3) is 0 Å². The van der Waals surface area contributed by atoms with Crippen LogP contribution < -0.4 is 34.3 Å². The summed E-state index contributed by atoms with van der Waals surface area (Å²) in [5, 5.41) is 0. The van der Waals surface area contributed by atoms with Crippen LogP contribution in [0, 0.1) is 0 Å². The van der Waals surface area contributed by atoms with Crippen molar-refractivity contribution in [2.24, 2.45) is 0 Å². The molecular weight excluding hydrogens is 610 g/mol. The fourth-order valence-electron chi connectivity index (χ4n) is 2.09. The summed E-state index contributed by atoms with van der Waals surface area (Å²) in [5.41, 5.74) is 0. The number of ether oxygens (including phenoxy) is 1. The van der Waals surface area contributed by atoms with E-state index in [1.165, 1.54) is 0 Å². The maximum atomic E-state index is 13.7. The first-order chi connectivity index (χ1) is 15.5. The summed E-state index contributed by atoms with van der Waals surface area (Å²) in [6.07, 6.45) is -15.2. The van der Waals surface area contributed by atoms with Gasteiger partial charge in [0.2, 0.25) is 0 Å². The zero-order valence-corrected chi connectivity index (χ0v) is 19.6. The van der Waals surface area contributed by atoms with E-state index in [4.69, 9.17) is 0 Å². The molecule has 0 saturated carbocycles. The van der Waals surface area contributed by atoms with Gasteiger partial charge in [-0.1, -0.05) is 12.1 Å². The van der Waals surface area contributed by atoms with Crippen LogP contribution in [0.15, 0.2) is 29.2 Å². The molecule has 0 bridgehead atoms. The molecule has 0 aliphatic carbocycles. The van der Waals surface area contributed by atoms with Crippen molar-refractivity contribution in [3.8, 4) is 5.75 Å². The Morgan fingerprint density at radius 1 is 0.568 bits per heavy atom. The average Bonchev–Trinajstić information content (AvgIpc) is 2.65. The summed E-state index contributed by atoms with van der Waals surface area (Å²) in [6, 6.07) is 0.698. The average molecular weight is 614 g/mol. The molecule has 1 aromatic carbocycles. The van der Waals surface area contributed by atoms with Gasteiger partial charge in [0.05, 0.1) is 4.90 Å². The molecule has 0 unspecified atom stereocenters. The maximum Gasteiger partial charge on any atom is 1.00 e. The molecule has 0 heterocycles. The molecule has 0 atom stereocenters. The van der Waals surface area contributed by atoms with E-state index in [9.17, 15) is 87.6 Å². The third-order valence-corrected chi connectivity index (χ3v) is 4.93. The third-order valence-electron chi connectivity index (χ3n) is 4.05. The second-order valence-electron chi connectivity index (χ2n) is 6.46. The molecule has 1 aromatic rings. The molecule has 0 amide bonds. The van der Waals surface area contributed by atoms with Gasteiger partial charge in [0.15, 0.2) is 0 Å². The Kier molecular flexibility index (Phi) is 9.40. The van der Waals surface area contributed by atoms with Crippen LogP contribution in [0.4, 0.5) is 74.6 Å². The second kappa shape index (κ2) is 9.73. The molecule has 23 heteroatoms. The minimum absolute atomic E-state index is 0. The summed E-state index contributed by atoms with van der Waals surface area (Å²) >= 11 is 0. The molecule has 37 heavy (non-hydrogen) atoms. The maximum absolute atomic E-state index is 13.7. The number of halogens is 17. The second-order valence-corrected chi connectivity index (χ2v) is 7.81. The van der Waals surface area contributed by atoms with Gasteiger partial charge in [0.25, 0.3) is 0 Å². The van der Waals surface area contributed by atoms with Gasteiger partial charge < -0.3 is 9.29 Å². The number of hydrogen-bond acceptors (Lipinski definition) is 4. The van der Waals surface area contributed by atoms with Gasteiger partial charge in [-0.2, -0.15) is 74.6 Å². The SMILES string of the molecule is O=S(=O)([O-])c1ccccc1OC(F)(F)C(F)(F)C(F)(F)C(F)(F)C(F)(F)C(F)(F)C(F)(F)C(F)(F)F.[Na+]. The van der Waals surface area contributed by atoms with Gasteiger partial charge in [-0.25, -0.2) is 8.42 Å². The Hall–Kier alpha value is -1.26. The molecule has 0 saturated heterocycles. The molecule has 0 aliphatic rings. The van der Waals surface area contributed by atoms with E-state index < -0.39 is 68.6 Å². The van der Waals surface area contributed by atoms with Crippen molar-refractivity contribution in [2.75, 3.05) is 0 Å². The number of alkyl halides is 17. The smallest absolute Gasteiger partial charge is 0.744 e. The quantitative estimate of drug-likeness (QED) is 0.244. The van der Waals surface area contributed by atoms with Crippen LogP contribution in [-0.2, 0) is 10.1 Å². The van der Waals surface area contributed by atoms with Crippen LogP contribution in [-0.4, -0.2) is 60.8 Å².